The average molecular weight is 303 g/mol. The van der Waals surface area contributed by atoms with Crippen LogP contribution in [0.3, 0.4) is 0 Å². The van der Waals surface area contributed by atoms with Crippen molar-refractivity contribution in [1.82, 2.24) is 0 Å². The fourth-order valence-electron chi connectivity index (χ4n) is 3.92. The molecule has 0 fully saturated rings. The molecule has 2 heteroatoms. The molecule has 23 heavy (non-hydrogen) atoms. The quantitative estimate of drug-likeness (QED) is 0.659. The monoisotopic (exact) mass is 303 g/mol. The minimum Gasteiger partial charge on any atom is -0.311 e. The van der Waals surface area contributed by atoms with Crippen LogP contribution < -0.4 is 4.90 Å². The van der Waals surface area contributed by atoms with Crippen molar-refractivity contribution in [2.75, 3.05) is 11.9 Å². The largest absolute Gasteiger partial charge is 0.311 e. The molecule has 0 saturated carbocycles. The zero-order chi connectivity index (χ0) is 15.8. The van der Waals surface area contributed by atoms with E-state index in [1.54, 1.807) is 0 Å². The van der Waals surface area contributed by atoms with Crippen LogP contribution in [-0.4, -0.2) is 13.0 Å². The lowest BCUT2D eigenvalue weighted by Gasteiger charge is -2.28. The third-order valence-electron chi connectivity index (χ3n) is 5.10. The maximum absolute atomic E-state index is 13.0. The van der Waals surface area contributed by atoms with Gasteiger partial charge in [-0.3, -0.25) is 4.79 Å². The van der Waals surface area contributed by atoms with E-state index in [4.69, 9.17) is 0 Å². The highest BCUT2D eigenvalue weighted by atomic mass is 16.2. The number of benzene rings is 2. The lowest BCUT2D eigenvalue weighted by Crippen LogP contribution is -2.29. The summed E-state index contributed by atoms with van der Waals surface area (Å²) in [5, 5.41) is 0. The molecule has 1 amide bonds. The van der Waals surface area contributed by atoms with Crippen molar-refractivity contribution in [3.8, 4) is 0 Å². The van der Waals surface area contributed by atoms with Crippen LogP contribution in [0.1, 0.15) is 53.6 Å². The van der Waals surface area contributed by atoms with E-state index in [2.05, 4.69) is 30.3 Å². The second-order valence-electron chi connectivity index (χ2n) is 6.44. The summed E-state index contributed by atoms with van der Waals surface area (Å²) in [6.45, 7) is 0. The number of anilines is 1. The number of nitrogens with zero attached hydrogens (tertiary/aromatic N) is 1. The molecule has 0 saturated heterocycles. The van der Waals surface area contributed by atoms with Gasteiger partial charge in [-0.1, -0.05) is 42.8 Å². The van der Waals surface area contributed by atoms with Crippen molar-refractivity contribution in [2.45, 2.75) is 32.1 Å². The molecule has 0 aromatic heterocycles. The molecule has 2 aliphatic rings. The maximum Gasteiger partial charge on any atom is 0.258 e. The number of fused-ring (bicyclic) bond motifs is 4. The summed E-state index contributed by atoms with van der Waals surface area (Å²) in [5.74, 6) is 0.0869. The van der Waals surface area contributed by atoms with E-state index in [1.165, 1.54) is 36.0 Å². The van der Waals surface area contributed by atoms with Crippen molar-refractivity contribution in [2.24, 2.45) is 0 Å². The van der Waals surface area contributed by atoms with Crippen molar-refractivity contribution in [3.63, 3.8) is 0 Å². The Kier molecular flexibility index (Phi) is 3.53. The Morgan fingerprint density at radius 2 is 1.30 bits per heavy atom. The van der Waals surface area contributed by atoms with E-state index >= 15 is 0 Å². The van der Waals surface area contributed by atoms with Crippen LogP contribution in [0.15, 0.2) is 48.5 Å². The molecular weight excluding hydrogens is 282 g/mol. The topological polar surface area (TPSA) is 20.3 Å². The van der Waals surface area contributed by atoms with Crippen LogP contribution in [0.4, 0.5) is 5.69 Å². The van der Waals surface area contributed by atoms with Gasteiger partial charge in [-0.05, 0) is 54.5 Å². The molecule has 0 bridgehead atoms. The summed E-state index contributed by atoms with van der Waals surface area (Å²) in [6, 6.07) is 16.5. The molecule has 2 nitrogen and oxygen atoms in total. The molecule has 0 atom stereocenters. The Morgan fingerprint density at radius 1 is 0.739 bits per heavy atom. The fraction of sp³-hybridized carbons (Fsp3) is 0.286. The summed E-state index contributed by atoms with van der Waals surface area (Å²) in [6.07, 6.45) is 5.87. The molecule has 116 valence electrons. The Morgan fingerprint density at radius 3 is 2.04 bits per heavy atom. The summed E-state index contributed by atoms with van der Waals surface area (Å²) in [4.78, 5) is 14.8. The van der Waals surface area contributed by atoms with Gasteiger partial charge in [0.1, 0.15) is 0 Å². The Labute approximate surface area is 137 Å². The predicted octanol–water partition coefficient (Wildman–Crippen LogP) is 5.15. The van der Waals surface area contributed by atoms with Crippen LogP contribution >= 0.6 is 0 Å². The first-order valence-electron chi connectivity index (χ1n) is 8.46. The van der Waals surface area contributed by atoms with Crippen molar-refractivity contribution < 1.29 is 4.79 Å². The highest BCUT2D eigenvalue weighted by Crippen LogP contribution is 2.43. The molecule has 4 rings (SSSR count). The highest BCUT2D eigenvalue weighted by Gasteiger charge is 2.27. The molecule has 2 aromatic rings. The number of hydrogen-bond donors (Lipinski definition) is 0. The number of rotatable bonds is 0. The molecular formula is C21H21NO. The van der Waals surface area contributed by atoms with Crippen molar-refractivity contribution in [3.05, 3.63) is 65.2 Å². The summed E-state index contributed by atoms with van der Waals surface area (Å²) in [7, 11) is 1.89. The van der Waals surface area contributed by atoms with E-state index in [1.807, 2.05) is 30.1 Å². The molecule has 1 aliphatic heterocycles. The highest BCUT2D eigenvalue weighted by molar-refractivity contribution is 6.13. The van der Waals surface area contributed by atoms with Gasteiger partial charge in [-0.25, -0.2) is 0 Å². The summed E-state index contributed by atoms with van der Waals surface area (Å²) in [5.41, 5.74) is 7.04. The SMILES string of the molecule is CN1C(=O)c2ccccc2C2=C(CCCCC2)c2ccccc21. The summed E-state index contributed by atoms with van der Waals surface area (Å²) < 4.78 is 0. The number of para-hydroxylation sites is 1. The second kappa shape index (κ2) is 5.69. The Balaban J connectivity index is 2.07. The minimum atomic E-state index is 0.0869. The van der Waals surface area contributed by atoms with Gasteiger partial charge >= 0.3 is 0 Å². The first-order valence-corrected chi connectivity index (χ1v) is 8.46. The third kappa shape index (κ3) is 2.29. The molecule has 0 N–H and O–H groups in total. The molecule has 1 heterocycles. The fourth-order valence-corrected chi connectivity index (χ4v) is 3.92. The van der Waals surface area contributed by atoms with Gasteiger partial charge in [-0.15, -0.1) is 0 Å². The van der Waals surface area contributed by atoms with Crippen molar-refractivity contribution in [1.29, 1.82) is 0 Å². The van der Waals surface area contributed by atoms with Crippen LogP contribution in [0.25, 0.3) is 11.1 Å². The molecule has 0 unspecified atom stereocenters. The van der Waals surface area contributed by atoms with E-state index in [-0.39, 0.29) is 5.91 Å². The third-order valence-corrected chi connectivity index (χ3v) is 5.10. The predicted molar refractivity (Wildman–Crippen MR) is 95.5 cm³/mol. The van der Waals surface area contributed by atoms with Gasteiger partial charge in [0.2, 0.25) is 0 Å². The first-order chi connectivity index (χ1) is 11.3. The van der Waals surface area contributed by atoms with Gasteiger partial charge in [0.25, 0.3) is 5.91 Å². The first kappa shape index (κ1) is 14.3. The lowest BCUT2D eigenvalue weighted by atomic mass is 9.86. The van der Waals surface area contributed by atoms with Crippen LogP contribution in [0, 0.1) is 0 Å². The summed E-state index contributed by atoms with van der Waals surface area (Å²) >= 11 is 0. The lowest BCUT2D eigenvalue weighted by molar-refractivity contribution is 0.0992. The van der Waals surface area contributed by atoms with Gasteiger partial charge in [0.15, 0.2) is 0 Å². The Bertz CT molecular complexity index is 803. The normalized spacial score (nSPS) is 17.6. The van der Waals surface area contributed by atoms with E-state index in [9.17, 15) is 4.79 Å². The van der Waals surface area contributed by atoms with Crippen LogP contribution in [0.2, 0.25) is 0 Å². The van der Waals surface area contributed by atoms with Gasteiger partial charge in [-0.2, -0.15) is 0 Å². The van der Waals surface area contributed by atoms with E-state index in [0.29, 0.717) is 0 Å². The van der Waals surface area contributed by atoms with Gasteiger partial charge in [0, 0.05) is 18.2 Å². The Hall–Kier alpha value is -2.35. The van der Waals surface area contributed by atoms with Gasteiger partial charge in [0.05, 0.1) is 5.69 Å². The number of amides is 1. The maximum atomic E-state index is 13.0. The number of hydrogen-bond acceptors (Lipinski definition) is 1. The average Bonchev–Trinajstić information content (AvgIpc) is 2.85. The van der Waals surface area contributed by atoms with Crippen molar-refractivity contribution >= 4 is 22.7 Å². The minimum absolute atomic E-state index is 0.0869. The molecule has 2 aromatic carbocycles. The molecule has 1 aliphatic carbocycles. The van der Waals surface area contributed by atoms with E-state index in [0.717, 1.165) is 29.7 Å². The second-order valence-corrected chi connectivity index (χ2v) is 6.44. The van der Waals surface area contributed by atoms with Crippen LogP contribution in [0.5, 0.6) is 0 Å². The smallest absolute Gasteiger partial charge is 0.258 e. The van der Waals surface area contributed by atoms with Gasteiger partial charge < -0.3 is 4.90 Å². The van der Waals surface area contributed by atoms with E-state index < -0.39 is 0 Å². The standard InChI is InChI=1S/C21H21NO/c1-22-20-14-8-7-12-18(20)16-10-4-2-3-9-15(16)17-11-5-6-13-19(17)21(22)23/h5-8,11-14H,2-4,9-10H2,1H3. The number of carbonyl (C=O) groups excluding carboxylic acids is 1. The molecule has 0 spiro atoms. The van der Waals surface area contributed by atoms with Crippen LogP contribution in [-0.2, 0) is 0 Å². The number of carbonyl (C=O) groups is 1. The molecule has 0 radical (unpaired) electrons. The zero-order valence-corrected chi connectivity index (χ0v) is 13.5. The zero-order valence-electron chi connectivity index (χ0n) is 13.5. The number of allylic oxidation sites excluding steroid dienone is 2.